The molecule has 0 spiro atoms. The summed E-state index contributed by atoms with van der Waals surface area (Å²) in [5.41, 5.74) is 2.53. The number of nitrogens with one attached hydrogen (secondary N) is 2. The molecule has 0 unspecified atom stereocenters. The molecule has 1 aromatic heterocycles. The van der Waals surface area contributed by atoms with Crippen LogP contribution in [0.5, 0.6) is 0 Å². The van der Waals surface area contributed by atoms with Gasteiger partial charge in [0.1, 0.15) is 0 Å². The molecule has 0 amide bonds. The molecule has 1 aromatic carbocycles. The van der Waals surface area contributed by atoms with E-state index < -0.39 is 0 Å². The lowest BCUT2D eigenvalue weighted by Crippen LogP contribution is -2.38. The molecule has 0 aliphatic carbocycles. The minimum Gasteiger partial charge on any atom is -0.393 e. The highest BCUT2D eigenvalue weighted by Gasteiger charge is 2.16. The van der Waals surface area contributed by atoms with Gasteiger partial charge >= 0.3 is 0 Å². The number of aromatic nitrogens is 1. The van der Waals surface area contributed by atoms with Crippen LogP contribution in [0.15, 0.2) is 53.8 Å². The lowest BCUT2D eigenvalue weighted by Gasteiger charge is -2.29. The Hall–Kier alpha value is -1.58. The summed E-state index contributed by atoms with van der Waals surface area (Å²) in [4.78, 5) is 7.12. The Bertz CT molecular complexity index is 709. The number of aliphatic hydroxyl groups excluding tert-OH is 1. The van der Waals surface area contributed by atoms with Crippen LogP contribution in [0.3, 0.4) is 0 Å². The molecule has 6 nitrogen and oxygen atoms in total. The summed E-state index contributed by atoms with van der Waals surface area (Å²) < 4.78 is 2.15. The van der Waals surface area contributed by atoms with Crippen LogP contribution in [-0.4, -0.2) is 52.8 Å². The number of halogens is 1. The van der Waals surface area contributed by atoms with E-state index in [1.165, 1.54) is 11.1 Å². The van der Waals surface area contributed by atoms with Gasteiger partial charge in [-0.2, -0.15) is 0 Å². The van der Waals surface area contributed by atoms with Gasteiger partial charge in [0.2, 0.25) is 0 Å². The molecule has 2 heterocycles. The molecule has 1 fully saturated rings. The van der Waals surface area contributed by atoms with Crippen molar-refractivity contribution in [3.8, 4) is 0 Å². The highest BCUT2D eigenvalue weighted by atomic mass is 127. The van der Waals surface area contributed by atoms with Crippen molar-refractivity contribution in [3.05, 3.63) is 59.9 Å². The summed E-state index contributed by atoms with van der Waals surface area (Å²) in [5, 5.41) is 16.3. The summed E-state index contributed by atoms with van der Waals surface area (Å²) >= 11 is 0. The molecule has 7 heteroatoms. The van der Waals surface area contributed by atoms with Crippen molar-refractivity contribution in [2.24, 2.45) is 4.99 Å². The summed E-state index contributed by atoms with van der Waals surface area (Å²) in [6.45, 7) is 8.26. The topological polar surface area (TPSA) is 64.8 Å². The lowest BCUT2D eigenvalue weighted by atomic mass is 10.1. The van der Waals surface area contributed by atoms with Gasteiger partial charge in [-0.05, 0) is 43.0 Å². The molecule has 160 valence electrons. The number of aliphatic hydroxyl groups is 1. The van der Waals surface area contributed by atoms with Crippen LogP contribution < -0.4 is 10.6 Å². The van der Waals surface area contributed by atoms with Crippen LogP contribution in [0.1, 0.15) is 30.9 Å². The maximum atomic E-state index is 9.62. The average Bonchev–Trinajstić information content (AvgIpc) is 3.22. The minimum atomic E-state index is -0.112. The molecule has 1 aliphatic rings. The van der Waals surface area contributed by atoms with Gasteiger partial charge < -0.3 is 20.3 Å². The van der Waals surface area contributed by atoms with Gasteiger partial charge in [-0.15, -0.1) is 24.0 Å². The van der Waals surface area contributed by atoms with E-state index in [0.717, 1.165) is 58.1 Å². The summed E-state index contributed by atoms with van der Waals surface area (Å²) in [5.74, 6) is 0.852. The van der Waals surface area contributed by atoms with Crippen LogP contribution in [0.4, 0.5) is 0 Å². The Morgan fingerprint density at radius 1 is 1.07 bits per heavy atom. The third kappa shape index (κ3) is 8.36. The van der Waals surface area contributed by atoms with E-state index in [1.807, 2.05) is 12.1 Å². The highest BCUT2D eigenvalue weighted by Crippen LogP contribution is 2.14. The van der Waals surface area contributed by atoms with Crippen LogP contribution in [0.2, 0.25) is 0 Å². The summed E-state index contributed by atoms with van der Waals surface area (Å²) in [6.07, 6.45) is 5.80. The number of hydrogen-bond donors (Lipinski definition) is 3. The molecule has 0 radical (unpaired) electrons. The molecule has 1 aliphatic heterocycles. The average molecular weight is 511 g/mol. The number of hydrogen-bond acceptors (Lipinski definition) is 3. The first-order chi connectivity index (χ1) is 13.7. The normalized spacial score (nSPS) is 15.7. The number of likely N-dealkylation sites (tertiary alicyclic amines) is 1. The molecule has 29 heavy (non-hydrogen) atoms. The number of piperidine rings is 1. The summed E-state index contributed by atoms with van der Waals surface area (Å²) in [7, 11) is 0. The van der Waals surface area contributed by atoms with Gasteiger partial charge in [-0.3, -0.25) is 4.90 Å². The molecule has 0 atom stereocenters. The van der Waals surface area contributed by atoms with Gasteiger partial charge in [-0.25, -0.2) is 4.99 Å². The van der Waals surface area contributed by atoms with Crippen molar-refractivity contribution in [2.75, 3.05) is 26.2 Å². The SMILES string of the molecule is CCNC(=NCc1ccc(CN2CCC(O)CC2)cc1)NCCn1cccc1.I. The zero-order valence-corrected chi connectivity index (χ0v) is 19.6. The second-order valence-corrected chi connectivity index (χ2v) is 7.37. The van der Waals surface area contributed by atoms with E-state index in [0.29, 0.717) is 6.54 Å². The predicted molar refractivity (Wildman–Crippen MR) is 130 cm³/mol. The largest absolute Gasteiger partial charge is 0.393 e. The van der Waals surface area contributed by atoms with Gasteiger partial charge in [0.15, 0.2) is 5.96 Å². The van der Waals surface area contributed by atoms with Gasteiger partial charge in [0.05, 0.1) is 12.6 Å². The Kier molecular flexibility index (Phi) is 10.5. The third-order valence-corrected chi connectivity index (χ3v) is 5.08. The minimum absolute atomic E-state index is 0. The molecular formula is C22H34IN5O. The monoisotopic (exact) mass is 511 g/mol. The second kappa shape index (κ2) is 12.9. The maximum absolute atomic E-state index is 9.62. The van der Waals surface area contributed by atoms with E-state index in [9.17, 15) is 5.11 Å². The molecule has 1 saturated heterocycles. The van der Waals surface area contributed by atoms with E-state index in [4.69, 9.17) is 4.99 Å². The molecule has 0 bridgehead atoms. The van der Waals surface area contributed by atoms with Crippen molar-refractivity contribution in [3.63, 3.8) is 0 Å². The standard InChI is InChI=1S/C22H33N5O.HI/c1-2-23-22(24-11-16-26-12-3-4-13-26)25-17-19-5-7-20(8-6-19)18-27-14-9-21(28)10-15-27;/h3-8,12-13,21,28H,2,9-11,14-18H2,1H3,(H2,23,24,25);1H. The zero-order chi connectivity index (χ0) is 19.6. The number of rotatable bonds is 8. The molecule has 3 rings (SSSR count). The maximum Gasteiger partial charge on any atom is 0.191 e. The van der Waals surface area contributed by atoms with Crippen LogP contribution >= 0.6 is 24.0 Å². The molecule has 0 saturated carbocycles. The van der Waals surface area contributed by atoms with Gasteiger partial charge in [-0.1, -0.05) is 24.3 Å². The third-order valence-electron chi connectivity index (χ3n) is 5.08. The van der Waals surface area contributed by atoms with Crippen LogP contribution in [-0.2, 0) is 19.6 Å². The van der Waals surface area contributed by atoms with Gasteiger partial charge in [0, 0.05) is 51.7 Å². The predicted octanol–water partition coefficient (Wildman–Crippen LogP) is 2.82. The Morgan fingerprint density at radius 2 is 1.72 bits per heavy atom. The number of benzene rings is 1. The van der Waals surface area contributed by atoms with E-state index in [1.54, 1.807) is 0 Å². The van der Waals surface area contributed by atoms with Crippen molar-refractivity contribution in [1.82, 2.24) is 20.1 Å². The number of nitrogens with zero attached hydrogens (tertiary/aromatic N) is 3. The van der Waals surface area contributed by atoms with Gasteiger partial charge in [0.25, 0.3) is 0 Å². The first-order valence-electron chi connectivity index (χ1n) is 10.3. The fraction of sp³-hybridized carbons (Fsp3) is 0.500. The Morgan fingerprint density at radius 3 is 2.38 bits per heavy atom. The zero-order valence-electron chi connectivity index (χ0n) is 17.3. The quantitative estimate of drug-likeness (QED) is 0.290. The van der Waals surface area contributed by atoms with Crippen molar-refractivity contribution < 1.29 is 5.11 Å². The second-order valence-electron chi connectivity index (χ2n) is 7.37. The van der Waals surface area contributed by atoms with Crippen LogP contribution in [0, 0.1) is 0 Å². The molecular weight excluding hydrogens is 477 g/mol. The summed E-state index contributed by atoms with van der Waals surface area (Å²) in [6, 6.07) is 12.8. The van der Waals surface area contributed by atoms with Crippen molar-refractivity contribution >= 4 is 29.9 Å². The first-order valence-corrected chi connectivity index (χ1v) is 10.3. The fourth-order valence-corrected chi connectivity index (χ4v) is 3.42. The first kappa shape index (κ1) is 23.7. The Balaban J connectivity index is 0.00000300. The van der Waals surface area contributed by atoms with E-state index in [-0.39, 0.29) is 30.1 Å². The molecule has 2 aromatic rings. The number of aliphatic imine (C=N–C) groups is 1. The molecule has 3 N–H and O–H groups in total. The lowest BCUT2D eigenvalue weighted by molar-refractivity contribution is 0.0792. The Labute approximate surface area is 191 Å². The van der Waals surface area contributed by atoms with Crippen LogP contribution in [0.25, 0.3) is 0 Å². The number of guanidine groups is 1. The smallest absolute Gasteiger partial charge is 0.191 e. The van der Waals surface area contributed by atoms with E-state index >= 15 is 0 Å². The fourth-order valence-electron chi connectivity index (χ4n) is 3.42. The van der Waals surface area contributed by atoms with E-state index in [2.05, 4.69) is 63.7 Å². The van der Waals surface area contributed by atoms with Crippen molar-refractivity contribution in [1.29, 1.82) is 0 Å². The highest BCUT2D eigenvalue weighted by molar-refractivity contribution is 14.0. The van der Waals surface area contributed by atoms with Crippen molar-refractivity contribution in [2.45, 2.75) is 45.5 Å².